The number of nitrogens with one attached hydrogen (secondary N) is 2. The summed E-state index contributed by atoms with van der Waals surface area (Å²) >= 11 is 0. The first-order valence-corrected chi connectivity index (χ1v) is 6.79. The molecule has 0 aliphatic heterocycles. The van der Waals surface area contributed by atoms with E-state index in [-0.39, 0.29) is 5.82 Å². The molecule has 106 valence electrons. The predicted octanol–water partition coefficient (Wildman–Crippen LogP) is 2.58. The maximum Gasteiger partial charge on any atom is 0.250 e. The van der Waals surface area contributed by atoms with Crippen molar-refractivity contribution in [3.05, 3.63) is 42.2 Å². The van der Waals surface area contributed by atoms with E-state index in [2.05, 4.69) is 25.9 Å². The molecule has 1 fully saturated rings. The topological polar surface area (TPSA) is 67.1 Å². The van der Waals surface area contributed by atoms with Crippen molar-refractivity contribution in [2.45, 2.75) is 18.9 Å². The average molecular weight is 284 g/mol. The van der Waals surface area contributed by atoms with E-state index in [1.807, 2.05) is 12.1 Å². The number of benzene rings is 1. The summed E-state index contributed by atoms with van der Waals surface area (Å²) in [5, 5.41) is 19.0. The maximum atomic E-state index is 12.9. The Balaban J connectivity index is 1.65. The van der Waals surface area contributed by atoms with Crippen LogP contribution >= 0.6 is 0 Å². The standard InChI is InChI=1S/C14H13FN6/c15-9-1-3-11(4-2-9)17-14-19-18-13-8-7-12(20-21(13)14)16-10-5-6-10/h1-4,7-8,10H,5-6H2,(H,16,20)(H,17,19). The minimum absolute atomic E-state index is 0.277. The van der Waals surface area contributed by atoms with Gasteiger partial charge in [-0.3, -0.25) is 0 Å². The first-order chi connectivity index (χ1) is 10.3. The van der Waals surface area contributed by atoms with Crippen LogP contribution in [0.15, 0.2) is 36.4 Å². The molecule has 7 heteroatoms. The van der Waals surface area contributed by atoms with Crippen molar-refractivity contribution < 1.29 is 4.39 Å². The fourth-order valence-electron chi connectivity index (χ4n) is 2.04. The van der Waals surface area contributed by atoms with Crippen molar-refractivity contribution in [3.8, 4) is 0 Å². The quantitative estimate of drug-likeness (QED) is 0.770. The summed E-state index contributed by atoms with van der Waals surface area (Å²) in [5.74, 6) is 1.02. The summed E-state index contributed by atoms with van der Waals surface area (Å²) < 4.78 is 14.6. The molecule has 0 radical (unpaired) electrons. The zero-order chi connectivity index (χ0) is 14.2. The monoisotopic (exact) mass is 284 g/mol. The molecule has 0 atom stereocenters. The van der Waals surface area contributed by atoms with Gasteiger partial charge < -0.3 is 10.6 Å². The molecule has 6 nitrogen and oxygen atoms in total. The Bertz CT molecular complexity index is 778. The first-order valence-electron chi connectivity index (χ1n) is 6.79. The molecule has 1 aromatic carbocycles. The molecule has 0 unspecified atom stereocenters. The number of anilines is 3. The highest BCUT2D eigenvalue weighted by Crippen LogP contribution is 2.24. The van der Waals surface area contributed by atoms with Gasteiger partial charge in [0.1, 0.15) is 11.6 Å². The van der Waals surface area contributed by atoms with Crippen molar-refractivity contribution in [2.75, 3.05) is 10.6 Å². The van der Waals surface area contributed by atoms with Crippen molar-refractivity contribution in [1.29, 1.82) is 0 Å². The van der Waals surface area contributed by atoms with E-state index in [1.54, 1.807) is 16.6 Å². The Labute approximate surface area is 120 Å². The minimum atomic E-state index is -0.277. The summed E-state index contributed by atoms with van der Waals surface area (Å²) in [6.45, 7) is 0. The van der Waals surface area contributed by atoms with Crippen LogP contribution in [-0.4, -0.2) is 25.9 Å². The zero-order valence-corrected chi connectivity index (χ0v) is 11.1. The van der Waals surface area contributed by atoms with Gasteiger partial charge in [-0.15, -0.1) is 15.3 Å². The molecule has 3 aromatic rings. The molecule has 2 N–H and O–H groups in total. The molecule has 0 saturated heterocycles. The summed E-state index contributed by atoms with van der Waals surface area (Å²) in [7, 11) is 0. The van der Waals surface area contributed by atoms with Crippen LogP contribution in [0.1, 0.15) is 12.8 Å². The van der Waals surface area contributed by atoms with Gasteiger partial charge in [-0.2, -0.15) is 4.52 Å². The number of fused-ring (bicyclic) bond motifs is 1. The minimum Gasteiger partial charge on any atom is -0.366 e. The van der Waals surface area contributed by atoms with E-state index >= 15 is 0 Å². The molecule has 0 spiro atoms. The fourth-order valence-corrected chi connectivity index (χ4v) is 2.04. The maximum absolute atomic E-state index is 12.9. The van der Waals surface area contributed by atoms with Crippen LogP contribution in [-0.2, 0) is 0 Å². The molecular formula is C14H13FN6. The van der Waals surface area contributed by atoms with Gasteiger partial charge in [-0.1, -0.05) is 0 Å². The molecule has 4 rings (SSSR count). The predicted molar refractivity (Wildman–Crippen MR) is 77.1 cm³/mol. The normalized spacial score (nSPS) is 14.3. The van der Waals surface area contributed by atoms with Crippen molar-refractivity contribution >= 4 is 23.1 Å². The Morgan fingerprint density at radius 1 is 1.05 bits per heavy atom. The average Bonchev–Trinajstić information content (AvgIpc) is 3.22. The lowest BCUT2D eigenvalue weighted by Gasteiger charge is -2.06. The number of hydrogen-bond acceptors (Lipinski definition) is 5. The molecule has 1 saturated carbocycles. The lowest BCUT2D eigenvalue weighted by atomic mass is 10.3. The van der Waals surface area contributed by atoms with E-state index < -0.39 is 0 Å². The Morgan fingerprint density at radius 3 is 2.62 bits per heavy atom. The van der Waals surface area contributed by atoms with E-state index in [0.717, 1.165) is 11.5 Å². The van der Waals surface area contributed by atoms with Gasteiger partial charge in [0.05, 0.1) is 0 Å². The molecule has 0 amide bonds. The van der Waals surface area contributed by atoms with Gasteiger partial charge >= 0.3 is 0 Å². The van der Waals surface area contributed by atoms with Crippen molar-refractivity contribution in [2.24, 2.45) is 0 Å². The molecule has 1 aliphatic carbocycles. The van der Waals surface area contributed by atoms with Crippen LogP contribution in [0.5, 0.6) is 0 Å². The van der Waals surface area contributed by atoms with Crippen molar-refractivity contribution in [3.63, 3.8) is 0 Å². The fraction of sp³-hybridized carbons (Fsp3) is 0.214. The van der Waals surface area contributed by atoms with E-state index in [0.29, 0.717) is 17.6 Å². The number of hydrogen-bond donors (Lipinski definition) is 2. The van der Waals surface area contributed by atoms with Crippen LogP contribution in [0.4, 0.5) is 21.8 Å². The Kier molecular flexibility index (Phi) is 2.70. The van der Waals surface area contributed by atoms with Gasteiger partial charge in [0, 0.05) is 11.7 Å². The Hall–Kier alpha value is -2.70. The van der Waals surface area contributed by atoms with E-state index in [1.165, 1.54) is 25.0 Å². The third-order valence-corrected chi connectivity index (χ3v) is 3.29. The third-order valence-electron chi connectivity index (χ3n) is 3.29. The van der Waals surface area contributed by atoms with Gasteiger partial charge in [-0.05, 0) is 49.2 Å². The first kappa shape index (κ1) is 12.1. The molecule has 2 heterocycles. The second kappa shape index (κ2) is 4.69. The lowest BCUT2D eigenvalue weighted by molar-refractivity contribution is 0.628. The second-order valence-electron chi connectivity index (χ2n) is 5.06. The number of halogens is 1. The molecule has 21 heavy (non-hydrogen) atoms. The lowest BCUT2D eigenvalue weighted by Crippen LogP contribution is -2.07. The van der Waals surface area contributed by atoms with Gasteiger partial charge in [-0.25, -0.2) is 4.39 Å². The van der Waals surface area contributed by atoms with Crippen LogP contribution < -0.4 is 10.6 Å². The summed E-state index contributed by atoms with van der Waals surface area (Å²) in [4.78, 5) is 0. The van der Waals surface area contributed by atoms with Crippen LogP contribution in [0.25, 0.3) is 5.65 Å². The highest BCUT2D eigenvalue weighted by molar-refractivity contribution is 5.57. The SMILES string of the molecule is Fc1ccc(Nc2nnc3ccc(NC4CC4)nn23)cc1. The van der Waals surface area contributed by atoms with Gasteiger partial charge in [0.25, 0.3) is 5.95 Å². The van der Waals surface area contributed by atoms with Gasteiger partial charge in [0.2, 0.25) is 0 Å². The smallest absolute Gasteiger partial charge is 0.250 e. The van der Waals surface area contributed by atoms with Crippen molar-refractivity contribution in [1.82, 2.24) is 19.8 Å². The van der Waals surface area contributed by atoms with Crippen LogP contribution in [0.2, 0.25) is 0 Å². The molecule has 1 aliphatic rings. The van der Waals surface area contributed by atoms with E-state index in [4.69, 9.17) is 0 Å². The molecular weight excluding hydrogens is 271 g/mol. The summed E-state index contributed by atoms with van der Waals surface area (Å²) in [5.41, 5.74) is 1.38. The number of aromatic nitrogens is 4. The van der Waals surface area contributed by atoms with Gasteiger partial charge in [0.15, 0.2) is 5.65 Å². The summed E-state index contributed by atoms with van der Waals surface area (Å²) in [6, 6.07) is 10.3. The Morgan fingerprint density at radius 2 is 1.86 bits per heavy atom. The zero-order valence-electron chi connectivity index (χ0n) is 11.1. The number of rotatable bonds is 4. The summed E-state index contributed by atoms with van der Waals surface area (Å²) in [6.07, 6.45) is 2.37. The highest BCUT2D eigenvalue weighted by Gasteiger charge is 2.21. The number of nitrogens with zero attached hydrogens (tertiary/aromatic N) is 4. The third kappa shape index (κ3) is 2.49. The van der Waals surface area contributed by atoms with Crippen LogP contribution in [0.3, 0.4) is 0 Å². The van der Waals surface area contributed by atoms with E-state index in [9.17, 15) is 4.39 Å². The molecule has 0 bridgehead atoms. The second-order valence-corrected chi connectivity index (χ2v) is 5.06. The highest BCUT2D eigenvalue weighted by atomic mass is 19.1. The van der Waals surface area contributed by atoms with Crippen LogP contribution in [0, 0.1) is 5.82 Å². The molecule has 2 aromatic heterocycles. The largest absolute Gasteiger partial charge is 0.366 e.